The predicted octanol–water partition coefficient (Wildman–Crippen LogP) is 1.18. The molecule has 19 heavy (non-hydrogen) atoms. The highest BCUT2D eigenvalue weighted by atomic mass is 16.6. The van der Waals surface area contributed by atoms with Crippen molar-refractivity contribution in [2.24, 2.45) is 12.8 Å². The Morgan fingerprint density at radius 1 is 1.63 bits per heavy atom. The van der Waals surface area contributed by atoms with E-state index in [0.717, 1.165) is 19.3 Å². The molecule has 0 aliphatic rings. The number of nitrogens with one attached hydrogen (secondary N) is 1. The lowest BCUT2D eigenvalue weighted by Gasteiger charge is -2.16. The number of rotatable bonds is 7. The molecule has 1 atom stereocenters. The summed E-state index contributed by atoms with van der Waals surface area (Å²) in [5.41, 5.74) is 5.77. The van der Waals surface area contributed by atoms with Crippen LogP contribution in [0.3, 0.4) is 0 Å². The lowest BCUT2D eigenvalue weighted by molar-refractivity contribution is -0.384. The first-order valence-corrected chi connectivity index (χ1v) is 6.31. The van der Waals surface area contributed by atoms with Gasteiger partial charge in [0, 0.05) is 25.7 Å². The number of nitro groups is 1. The SMILES string of the molecule is CCCCC(CN)NC(=O)c1cc([N+](=O)[O-])cn1C. The van der Waals surface area contributed by atoms with E-state index in [1.807, 2.05) is 0 Å². The molecular formula is C12H20N4O3. The smallest absolute Gasteiger partial charge is 0.287 e. The van der Waals surface area contributed by atoms with Crippen LogP contribution in [0.4, 0.5) is 5.69 Å². The summed E-state index contributed by atoms with van der Waals surface area (Å²) in [5, 5.41) is 13.5. The highest BCUT2D eigenvalue weighted by Crippen LogP contribution is 2.15. The van der Waals surface area contributed by atoms with E-state index in [1.54, 1.807) is 7.05 Å². The largest absolute Gasteiger partial charge is 0.347 e. The van der Waals surface area contributed by atoms with Crippen molar-refractivity contribution in [3.8, 4) is 0 Å². The molecule has 3 N–H and O–H groups in total. The molecule has 1 aromatic heterocycles. The van der Waals surface area contributed by atoms with Crippen LogP contribution < -0.4 is 11.1 Å². The van der Waals surface area contributed by atoms with Crippen molar-refractivity contribution < 1.29 is 9.72 Å². The van der Waals surface area contributed by atoms with E-state index in [9.17, 15) is 14.9 Å². The molecule has 7 nitrogen and oxygen atoms in total. The quantitative estimate of drug-likeness (QED) is 0.572. The van der Waals surface area contributed by atoms with Crippen LogP contribution in [0.15, 0.2) is 12.3 Å². The lowest BCUT2D eigenvalue weighted by Crippen LogP contribution is -2.40. The van der Waals surface area contributed by atoms with Gasteiger partial charge in [-0.25, -0.2) is 0 Å². The Hall–Kier alpha value is -1.89. The van der Waals surface area contributed by atoms with E-state index in [4.69, 9.17) is 5.73 Å². The Morgan fingerprint density at radius 2 is 2.32 bits per heavy atom. The molecule has 1 aromatic rings. The van der Waals surface area contributed by atoms with Crippen molar-refractivity contribution in [2.45, 2.75) is 32.2 Å². The fraction of sp³-hybridized carbons (Fsp3) is 0.583. The fourth-order valence-corrected chi connectivity index (χ4v) is 1.83. The summed E-state index contributed by atoms with van der Waals surface area (Å²) < 4.78 is 1.45. The van der Waals surface area contributed by atoms with Crippen LogP contribution in [0.1, 0.15) is 36.7 Å². The standard InChI is InChI=1S/C12H20N4O3/c1-3-4-5-9(7-13)14-12(17)11-6-10(16(18)19)8-15(11)2/h6,8-9H,3-5,7,13H2,1-2H3,(H,14,17). The number of aryl methyl sites for hydroxylation is 1. The second-order valence-electron chi connectivity index (χ2n) is 4.50. The predicted molar refractivity (Wildman–Crippen MR) is 71.9 cm³/mol. The van der Waals surface area contributed by atoms with Gasteiger partial charge in [0.05, 0.1) is 11.1 Å². The topological polar surface area (TPSA) is 103 Å². The normalized spacial score (nSPS) is 12.2. The van der Waals surface area contributed by atoms with E-state index in [-0.39, 0.29) is 23.3 Å². The van der Waals surface area contributed by atoms with E-state index >= 15 is 0 Å². The number of unbranched alkanes of at least 4 members (excludes halogenated alkanes) is 1. The number of carbonyl (C=O) groups excluding carboxylic acids is 1. The molecule has 0 radical (unpaired) electrons. The average molecular weight is 268 g/mol. The van der Waals surface area contributed by atoms with Crippen LogP contribution in [0.2, 0.25) is 0 Å². The molecule has 0 spiro atoms. The number of amides is 1. The van der Waals surface area contributed by atoms with Crippen LogP contribution in [-0.2, 0) is 7.05 Å². The lowest BCUT2D eigenvalue weighted by atomic mass is 10.1. The summed E-state index contributed by atoms with van der Waals surface area (Å²) in [5.74, 6) is -0.331. The molecule has 1 rings (SSSR count). The first-order valence-electron chi connectivity index (χ1n) is 6.31. The van der Waals surface area contributed by atoms with Crippen molar-refractivity contribution in [3.05, 3.63) is 28.1 Å². The van der Waals surface area contributed by atoms with Gasteiger partial charge in [-0.3, -0.25) is 14.9 Å². The molecule has 1 heterocycles. The van der Waals surface area contributed by atoms with Crippen LogP contribution in [0, 0.1) is 10.1 Å². The maximum Gasteiger partial charge on any atom is 0.287 e. The fourth-order valence-electron chi connectivity index (χ4n) is 1.83. The van der Waals surface area contributed by atoms with Gasteiger partial charge < -0.3 is 15.6 Å². The van der Waals surface area contributed by atoms with Gasteiger partial charge in [0.2, 0.25) is 0 Å². The number of nitrogens with zero attached hydrogens (tertiary/aromatic N) is 2. The monoisotopic (exact) mass is 268 g/mol. The van der Waals surface area contributed by atoms with Gasteiger partial charge in [0.15, 0.2) is 0 Å². The molecular weight excluding hydrogens is 248 g/mol. The third-order valence-corrected chi connectivity index (χ3v) is 2.96. The second-order valence-corrected chi connectivity index (χ2v) is 4.50. The molecule has 0 aromatic carbocycles. The Labute approximate surface area is 111 Å². The van der Waals surface area contributed by atoms with Crippen LogP contribution in [-0.4, -0.2) is 28.0 Å². The first-order chi connectivity index (χ1) is 8.99. The number of carbonyl (C=O) groups is 1. The highest BCUT2D eigenvalue weighted by molar-refractivity contribution is 5.93. The zero-order chi connectivity index (χ0) is 14.4. The van der Waals surface area contributed by atoms with Crippen molar-refractivity contribution in [3.63, 3.8) is 0 Å². The molecule has 0 saturated carbocycles. The Morgan fingerprint density at radius 3 is 2.79 bits per heavy atom. The minimum Gasteiger partial charge on any atom is -0.347 e. The summed E-state index contributed by atoms with van der Waals surface area (Å²) >= 11 is 0. The zero-order valence-electron chi connectivity index (χ0n) is 11.3. The Kier molecular flexibility index (Phi) is 5.50. The highest BCUT2D eigenvalue weighted by Gasteiger charge is 2.19. The second kappa shape index (κ2) is 6.89. The van der Waals surface area contributed by atoms with Gasteiger partial charge in [-0.1, -0.05) is 19.8 Å². The van der Waals surface area contributed by atoms with Gasteiger partial charge in [0.1, 0.15) is 5.69 Å². The van der Waals surface area contributed by atoms with E-state index in [0.29, 0.717) is 6.54 Å². The molecule has 0 fully saturated rings. The Bertz CT molecular complexity index is 456. The third kappa shape index (κ3) is 4.06. The maximum absolute atomic E-state index is 12.0. The summed E-state index contributed by atoms with van der Waals surface area (Å²) in [7, 11) is 1.60. The van der Waals surface area contributed by atoms with Crippen molar-refractivity contribution >= 4 is 11.6 Å². The molecule has 0 bridgehead atoms. The zero-order valence-corrected chi connectivity index (χ0v) is 11.3. The van der Waals surface area contributed by atoms with Crippen LogP contribution >= 0.6 is 0 Å². The molecule has 0 aliphatic carbocycles. The number of hydrogen-bond donors (Lipinski definition) is 2. The van der Waals surface area contributed by atoms with E-state index in [2.05, 4.69) is 12.2 Å². The van der Waals surface area contributed by atoms with Gasteiger partial charge in [-0.2, -0.15) is 0 Å². The van der Waals surface area contributed by atoms with Crippen LogP contribution in [0.25, 0.3) is 0 Å². The summed E-state index contributed by atoms with van der Waals surface area (Å²) in [6.45, 7) is 2.42. The molecule has 1 unspecified atom stereocenters. The van der Waals surface area contributed by atoms with Crippen molar-refractivity contribution in [2.75, 3.05) is 6.54 Å². The molecule has 0 aliphatic heterocycles. The van der Waals surface area contributed by atoms with Gasteiger partial charge in [-0.15, -0.1) is 0 Å². The van der Waals surface area contributed by atoms with Crippen molar-refractivity contribution in [1.29, 1.82) is 0 Å². The van der Waals surface area contributed by atoms with E-state index in [1.165, 1.54) is 16.8 Å². The number of nitrogens with two attached hydrogens (primary N) is 1. The minimum absolute atomic E-state index is 0.0921. The first kappa shape index (κ1) is 15.2. The molecule has 1 amide bonds. The molecule has 7 heteroatoms. The Balaban J connectivity index is 2.74. The molecule has 106 valence electrons. The third-order valence-electron chi connectivity index (χ3n) is 2.96. The average Bonchev–Trinajstić information content (AvgIpc) is 2.76. The molecule has 0 saturated heterocycles. The summed E-state index contributed by atoms with van der Waals surface area (Å²) in [6.07, 6.45) is 4.14. The number of hydrogen-bond acceptors (Lipinski definition) is 4. The van der Waals surface area contributed by atoms with Crippen LogP contribution in [0.5, 0.6) is 0 Å². The maximum atomic E-state index is 12.0. The summed E-state index contributed by atoms with van der Waals surface area (Å²) in [4.78, 5) is 22.2. The summed E-state index contributed by atoms with van der Waals surface area (Å²) in [6, 6.07) is 1.17. The van der Waals surface area contributed by atoms with Gasteiger partial charge >= 0.3 is 0 Å². The van der Waals surface area contributed by atoms with E-state index < -0.39 is 4.92 Å². The number of aromatic nitrogens is 1. The van der Waals surface area contributed by atoms with Crippen molar-refractivity contribution in [1.82, 2.24) is 9.88 Å². The van der Waals surface area contributed by atoms with Gasteiger partial charge in [0.25, 0.3) is 11.6 Å². The van der Waals surface area contributed by atoms with Gasteiger partial charge in [-0.05, 0) is 6.42 Å². The minimum atomic E-state index is -0.520.